The van der Waals surface area contributed by atoms with Gasteiger partial charge in [-0.25, -0.2) is 14.6 Å². The number of aromatic nitrogens is 1. The lowest BCUT2D eigenvalue weighted by atomic mass is 9.84. The number of piperazine rings is 1. The Morgan fingerprint density at radius 1 is 1.19 bits per heavy atom. The second kappa shape index (κ2) is 7.84. The minimum Gasteiger partial charge on any atom is -0.468 e. The minimum atomic E-state index is -0.957. The van der Waals surface area contributed by atoms with Crippen LogP contribution in [0.15, 0.2) is 29.6 Å². The fourth-order valence-electron chi connectivity index (χ4n) is 3.99. The highest BCUT2D eigenvalue weighted by Crippen LogP contribution is 2.33. The molecule has 0 bridgehead atoms. The van der Waals surface area contributed by atoms with Crippen molar-refractivity contribution in [2.75, 3.05) is 38.2 Å². The number of methoxy groups -OCH3 is 1. The molecule has 9 nitrogen and oxygen atoms in total. The Labute approximate surface area is 183 Å². The molecule has 2 aliphatic rings. The van der Waals surface area contributed by atoms with Crippen LogP contribution in [-0.2, 0) is 14.9 Å². The molecule has 2 fully saturated rings. The van der Waals surface area contributed by atoms with E-state index in [1.54, 1.807) is 9.80 Å². The zero-order valence-corrected chi connectivity index (χ0v) is 18.4. The molecule has 1 N–H and O–H groups in total. The standard InChI is InChI=1S/C21H24N4O5S/c1-21(2,17(26)30-3)14-6-4-13(5-7-14)16-12-31-18(22-16)25-11-15-10-23(20(28)29)8-9-24(15)19(25)27/h4-7,12,15H,8-11H2,1-3H3,(H,28,29). The average molecular weight is 445 g/mol. The zero-order chi connectivity index (χ0) is 22.3. The number of urea groups is 1. The van der Waals surface area contributed by atoms with Gasteiger partial charge in [-0.2, -0.15) is 0 Å². The van der Waals surface area contributed by atoms with Crippen molar-refractivity contribution in [3.05, 3.63) is 35.2 Å². The van der Waals surface area contributed by atoms with Crippen molar-refractivity contribution in [3.63, 3.8) is 0 Å². The molecule has 2 saturated heterocycles. The fourth-order valence-corrected chi connectivity index (χ4v) is 4.83. The lowest BCUT2D eigenvalue weighted by Gasteiger charge is -2.34. The Kier molecular flexibility index (Phi) is 5.34. The normalized spacial score (nSPS) is 18.9. The number of anilines is 1. The maximum atomic E-state index is 12.8. The van der Waals surface area contributed by atoms with Crippen molar-refractivity contribution in [2.24, 2.45) is 0 Å². The summed E-state index contributed by atoms with van der Waals surface area (Å²) in [5.41, 5.74) is 1.71. The number of carboxylic acid groups (broad SMARTS) is 1. The zero-order valence-electron chi connectivity index (χ0n) is 17.6. The van der Waals surface area contributed by atoms with Crippen molar-refractivity contribution in [2.45, 2.75) is 25.3 Å². The summed E-state index contributed by atoms with van der Waals surface area (Å²) in [5.74, 6) is -0.304. The van der Waals surface area contributed by atoms with E-state index >= 15 is 0 Å². The molecule has 1 unspecified atom stereocenters. The SMILES string of the molecule is COC(=O)C(C)(C)c1ccc(-c2csc(N3CC4CN(C(=O)O)CCN4C3=O)n2)cc1. The highest BCUT2D eigenvalue weighted by atomic mass is 32.1. The van der Waals surface area contributed by atoms with Crippen molar-refractivity contribution in [3.8, 4) is 11.3 Å². The smallest absolute Gasteiger partial charge is 0.407 e. The molecule has 31 heavy (non-hydrogen) atoms. The summed E-state index contributed by atoms with van der Waals surface area (Å²) in [6.45, 7) is 5.07. The number of thiazole rings is 1. The van der Waals surface area contributed by atoms with E-state index in [-0.39, 0.29) is 18.0 Å². The van der Waals surface area contributed by atoms with Crippen LogP contribution in [0.25, 0.3) is 11.3 Å². The van der Waals surface area contributed by atoms with Crippen LogP contribution in [0.1, 0.15) is 19.4 Å². The lowest BCUT2D eigenvalue weighted by molar-refractivity contribution is -0.146. The number of ether oxygens (including phenoxy) is 1. The van der Waals surface area contributed by atoms with E-state index < -0.39 is 11.5 Å². The monoisotopic (exact) mass is 444 g/mol. The summed E-state index contributed by atoms with van der Waals surface area (Å²) in [6.07, 6.45) is -0.957. The van der Waals surface area contributed by atoms with Crippen LogP contribution in [-0.4, -0.2) is 77.3 Å². The third-order valence-electron chi connectivity index (χ3n) is 5.94. The molecule has 0 aliphatic carbocycles. The Bertz CT molecular complexity index is 1020. The van der Waals surface area contributed by atoms with E-state index in [0.29, 0.717) is 31.3 Å². The van der Waals surface area contributed by atoms with E-state index in [0.717, 1.165) is 16.8 Å². The molecular weight excluding hydrogens is 420 g/mol. The van der Waals surface area contributed by atoms with Crippen molar-refractivity contribution in [1.82, 2.24) is 14.8 Å². The summed E-state index contributed by atoms with van der Waals surface area (Å²) >= 11 is 1.38. The summed E-state index contributed by atoms with van der Waals surface area (Å²) in [7, 11) is 1.38. The second-order valence-electron chi connectivity index (χ2n) is 8.18. The van der Waals surface area contributed by atoms with Crippen molar-refractivity contribution >= 4 is 34.6 Å². The maximum Gasteiger partial charge on any atom is 0.407 e. The van der Waals surface area contributed by atoms with Gasteiger partial charge in [0, 0.05) is 30.6 Å². The topological polar surface area (TPSA) is 103 Å². The highest BCUT2D eigenvalue weighted by molar-refractivity contribution is 7.14. The number of carbonyl (C=O) groups excluding carboxylic acids is 2. The lowest BCUT2D eigenvalue weighted by Crippen LogP contribution is -2.53. The number of carbonyl (C=O) groups is 3. The van der Waals surface area contributed by atoms with E-state index in [4.69, 9.17) is 4.74 Å². The number of amides is 3. The quantitative estimate of drug-likeness (QED) is 0.728. The van der Waals surface area contributed by atoms with Gasteiger partial charge in [-0.15, -0.1) is 11.3 Å². The van der Waals surface area contributed by atoms with Crippen LogP contribution in [0.3, 0.4) is 0 Å². The fraction of sp³-hybridized carbons (Fsp3) is 0.429. The number of nitrogens with zero attached hydrogens (tertiary/aromatic N) is 4. The van der Waals surface area contributed by atoms with Crippen molar-refractivity contribution in [1.29, 1.82) is 0 Å². The number of fused-ring (bicyclic) bond motifs is 1. The van der Waals surface area contributed by atoms with Gasteiger partial charge < -0.3 is 19.6 Å². The Morgan fingerprint density at radius 3 is 2.55 bits per heavy atom. The number of rotatable bonds is 4. The van der Waals surface area contributed by atoms with Crippen LogP contribution >= 0.6 is 11.3 Å². The number of esters is 1. The maximum absolute atomic E-state index is 12.8. The largest absolute Gasteiger partial charge is 0.468 e. The van der Waals surface area contributed by atoms with Crippen LogP contribution in [0, 0.1) is 0 Å². The van der Waals surface area contributed by atoms with Crippen molar-refractivity contribution < 1.29 is 24.2 Å². The average Bonchev–Trinajstić information content (AvgIpc) is 3.37. The van der Waals surface area contributed by atoms with Gasteiger partial charge >= 0.3 is 18.1 Å². The number of hydrogen-bond acceptors (Lipinski definition) is 6. The molecule has 164 valence electrons. The Balaban J connectivity index is 1.51. The summed E-state index contributed by atoms with van der Waals surface area (Å²) in [5, 5.41) is 11.7. The molecule has 2 aliphatic heterocycles. The third-order valence-corrected chi connectivity index (χ3v) is 6.81. The Morgan fingerprint density at radius 2 is 1.90 bits per heavy atom. The molecule has 1 aromatic carbocycles. The molecule has 0 saturated carbocycles. The van der Waals surface area contributed by atoms with Crippen LogP contribution < -0.4 is 4.90 Å². The Hall–Kier alpha value is -3.14. The van der Waals surface area contributed by atoms with Crippen LogP contribution in [0.2, 0.25) is 0 Å². The van der Waals surface area contributed by atoms with E-state index in [1.807, 2.05) is 43.5 Å². The minimum absolute atomic E-state index is 0.133. The van der Waals surface area contributed by atoms with Crippen LogP contribution in [0.4, 0.5) is 14.7 Å². The molecule has 10 heteroatoms. The predicted molar refractivity (Wildman–Crippen MR) is 115 cm³/mol. The molecule has 2 aromatic rings. The van der Waals surface area contributed by atoms with Crippen LogP contribution in [0.5, 0.6) is 0 Å². The van der Waals surface area contributed by atoms with Gasteiger partial charge in [0.1, 0.15) is 0 Å². The highest BCUT2D eigenvalue weighted by Gasteiger charge is 2.43. The first-order chi connectivity index (χ1) is 14.7. The molecule has 3 amide bonds. The van der Waals surface area contributed by atoms with Gasteiger partial charge in [0.15, 0.2) is 5.13 Å². The molecule has 4 rings (SSSR count). The molecule has 1 atom stereocenters. The number of hydrogen-bond donors (Lipinski definition) is 1. The van der Waals surface area contributed by atoms with Gasteiger partial charge in [-0.05, 0) is 19.4 Å². The first kappa shape index (κ1) is 21.1. The van der Waals surface area contributed by atoms with Gasteiger partial charge in [0.05, 0.1) is 30.8 Å². The first-order valence-corrected chi connectivity index (χ1v) is 10.8. The number of benzene rings is 1. The van der Waals surface area contributed by atoms with E-state index in [9.17, 15) is 19.5 Å². The van der Waals surface area contributed by atoms with E-state index in [1.165, 1.54) is 23.3 Å². The molecule has 0 spiro atoms. The van der Waals surface area contributed by atoms with Gasteiger partial charge in [0.2, 0.25) is 0 Å². The third kappa shape index (κ3) is 3.71. The first-order valence-electron chi connectivity index (χ1n) is 9.93. The summed E-state index contributed by atoms with van der Waals surface area (Å²) in [6, 6.07) is 7.27. The van der Waals surface area contributed by atoms with Gasteiger partial charge in [0.25, 0.3) is 0 Å². The molecule has 0 radical (unpaired) electrons. The second-order valence-corrected chi connectivity index (χ2v) is 9.01. The summed E-state index contributed by atoms with van der Waals surface area (Å²) < 4.78 is 4.89. The van der Waals surface area contributed by atoms with Gasteiger partial charge in [-0.3, -0.25) is 9.69 Å². The molecule has 1 aromatic heterocycles. The van der Waals surface area contributed by atoms with Gasteiger partial charge in [-0.1, -0.05) is 24.3 Å². The summed E-state index contributed by atoms with van der Waals surface area (Å²) in [4.78, 5) is 45.4. The van der Waals surface area contributed by atoms with E-state index in [2.05, 4.69) is 4.98 Å². The predicted octanol–water partition coefficient (Wildman–Crippen LogP) is 2.86. The molecular formula is C21H24N4O5S. The molecule has 3 heterocycles.